The topological polar surface area (TPSA) is 54.0 Å². The summed E-state index contributed by atoms with van der Waals surface area (Å²) in [7, 11) is -0.364. The van der Waals surface area contributed by atoms with Crippen molar-refractivity contribution in [1.29, 1.82) is 0 Å². The summed E-state index contributed by atoms with van der Waals surface area (Å²) < 4.78 is 32.4. The normalized spacial score (nSPS) is 12.2. The van der Waals surface area contributed by atoms with Gasteiger partial charge in [-0.2, -0.15) is 0 Å². The van der Waals surface area contributed by atoms with Crippen LogP contribution in [0.2, 0.25) is 0 Å². The third-order valence-corrected chi connectivity index (χ3v) is 5.09. The van der Waals surface area contributed by atoms with Gasteiger partial charge in [0.05, 0.1) is 0 Å². The van der Waals surface area contributed by atoms with E-state index in [1.54, 1.807) is 13.8 Å². The second-order valence-electron chi connectivity index (χ2n) is 7.19. The van der Waals surface area contributed by atoms with Crippen molar-refractivity contribution in [2.24, 2.45) is 0 Å². The number of rotatable bonds is 10. The van der Waals surface area contributed by atoms with Crippen molar-refractivity contribution in [1.82, 2.24) is 0 Å². The van der Waals surface area contributed by atoms with Gasteiger partial charge in [-0.15, -0.1) is 0 Å². The Morgan fingerprint density at radius 2 is 1.68 bits per heavy atom. The molecule has 0 saturated carbocycles. The van der Waals surface area contributed by atoms with Crippen LogP contribution in [-0.4, -0.2) is 27.4 Å². The summed E-state index contributed by atoms with van der Waals surface area (Å²) >= 11 is 0. The molecule has 1 unspecified atom stereocenters. The fraction of sp³-hybridized carbons (Fsp3) is 0.455. The van der Waals surface area contributed by atoms with Crippen molar-refractivity contribution >= 4 is 8.03 Å². The molecule has 0 N–H and O–H groups in total. The van der Waals surface area contributed by atoms with E-state index in [1.807, 2.05) is 18.2 Å². The quantitative estimate of drug-likeness (QED) is 0.387. The summed E-state index contributed by atoms with van der Waals surface area (Å²) in [6.07, 6.45) is 0.835. The zero-order valence-corrected chi connectivity index (χ0v) is 18.6. The van der Waals surface area contributed by atoms with Crippen LogP contribution in [-0.2, 0) is 20.2 Å². The maximum atomic E-state index is 11.0. The van der Waals surface area contributed by atoms with Gasteiger partial charge in [0.2, 0.25) is 0 Å². The van der Waals surface area contributed by atoms with Crippen molar-refractivity contribution in [2.75, 3.05) is 27.4 Å². The molecule has 6 heteroatoms. The van der Waals surface area contributed by atoms with Crippen LogP contribution in [0.15, 0.2) is 30.3 Å². The SMILES string of the molecule is COCOc1ccc(Cc2c(C)cc(OCO[PH](C)=O)cc2C)cc1C(C)C. The Bertz CT molecular complexity index is 794. The fourth-order valence-corrected chi connectivity index (χ4v) is 3.34. The number of aryl methyl sites for hydroxylation is 2. The van der Waals surface area contributed by atoms with E-state index in [4.69, 9.17) is 18.7 Å². The lowest BCUT2D eigenvalue weighted by molar-refractivity contribution is 0.0502. The minimum absolute atomic E-state index is 0.00715. The molecule has 154 valence electrons. The van der Waals surface area contributed by atoms with Gasteiger partial charge in [-0.1, -0.05) is 26.0 Å². The van der Waals surface area contributed by atoms with E-state index in [2.05, 4.69) is 39.8 Å². The molecule has 0 bridgehead atoms. The highest BCUT2D eigenvalue weighted by atomic mass is 31.1. The Morgan fingerprint density at radius 1 is 1.00 bits per heavy atom. The molecule has 0 radical (unpaired) electrons. The largest absolute Gasteiger partial charge is 0.467 e. The first-order valence-corrected chi connectivity index (χ1v) is 11.2. The Labute approximate surface area is 168 Å². The molecule has 0 aromatic heterocycles. The highest BCUT2D eigenvalue weighted by Gasteiger charge is 2.12. The fourth-order valence-electron chi connectivity index (χ4n) is 3.11. The zero-order chi connectivity index (χ0) is 20.7. The van der Waals surface area contributed by atoms with Crippen molar-refractivity contribution < 1.29 is 23.3 Å². The van der Waals surface area contributed by atoms with E-state index >= 15 is 0 Å². The van der Waals surface area contributed by atoms with Gasteiger partial charge in [0.1, 0.15) is 11.5 Å². The summed E-state index contributed by atoms with van der Waals surface area (Å²) in [5, 5.41) is 0. The maximum absolute atomic E-state index is 11.0. The van der Waals surface area contributed by atoms with Crippen molar-refractivity contribution in [3.05, 3.63) is 58.1 Å². The van der Waals surface area contributed by atoms with Crippen molar-refractivity contribution in [3.63, 3.8) is 0 Å². The minimum Gasteiger partial charge on any atom is -0.467 e. The van der Waals surface area contributed by atoms with E-state index in [0.29, 0.717) is 5.92 Å². The van der Waals surface area contributed by atoms with Gasteiger partial charge in [-0.3, -0.25) is 9.09 Å². The molecule has 2 aromatic rings. The Hall–Kier alpha value is -1.81. The molecule has 0 fully saturated rings. The highest BCUT2D eigenvalue weighted by Crippen LogP contribution is 2.30. The lowest BCUT2D eigenvalue weighted by atomic mass is 9.93. The molecule has 0 saturated heterocycles. The molecular formula is C22H31O5P. The van der Waals surface area contributed by atoms with Crippen molar-refractivity contribution in [2.45, 2.75) is 40.0 Å². The first-order valence-electron chi connectivity index (χ1n) is 9.42. The Kier molecular flexibility index (Phi) is 8.56. The Balaban J connectivity index is 2.20. The molecule has 5 nitrogen and oxygen atoms in total. The average Bonchev–Trinajstić information content (AvgIpc) is 2.63. The number of hydrogen-bond acceptors (Lipinski definition) is 5. The molecule has 0 heterocycles. The molecule has 28 heavy (non-hydrogen) atoms. The van der Waals surface area contributed by atoms with Gasteiger partial charge in [0, 0.05) is 13.8 Å². The van der Waals surface area contributed by atoms with E-state index in [0.717, 1.165) is 29.0 Å². The molecule has 0 aliphatic carbocycles. The molecule has 2 aromatic carbocycles. The summed E-state index contributed by atoms with van der Waals surface area (Å²) in [5.41, 5.74) is 6.01. The van der Waals surface area contributed by atoms with E-state index in [1.165, 1.54) is 16.7 Å². The maximum Gasteiger partial charge on any atom is 0.195 e. The predicted octanol–water partition coefficient (Wildman–Crippen LogP) is 5.46. The number of benzene rings is 2. The standard InChI is InChI=1S/C22H31O5P/c1-15(2)20-11-18(7-8-22(20)26-13-24-5)12-21-16(3)9-19(10-17(21)4)25-14-27-28(6)23/h7-11,15,28H,12-14H2,1-6H3. The van der Waals surface area contributed by atoms with Crippen LogP contribution in [0.5, 0.6) is 11.5 Å². The summed E-state index contributed by atoms with van der Waals surface area (Å²) in [4.78, 5) is 0. The first kappa shape index (κ1) is 22.5. The second-order valence-corrected chi connectivity index (χ2v) is 8.46. The molecular weight excluding hydrogens is 375 g/mol. The van der Waals surface area contributed by atoms with Gasteiger partial charge >= 0.3 is 0 Å². The third-order valence-electron chi connectivity index (χ3n) is 4.57. The minimum atomic E-state index is -1.99. The molecule has 0 aliphatic heterocycles. The molecule has 0 spiro atoms. The smallest absolute Gasteiger partial charge is 0.195 e. The monoisotopic (exact) mass is 406 g/mol. The van der Waals surface area contributed by atoms with Crippen LogP contribution in [0.1, 0.15) is 47.6 Å². The van der Waals surface area contributed by atoms with Crippen LogP contribution in [0, 0.1) is 13.8 Å². The van der Waals surface area contributed by atoms with Crippen LogP contribution >= 0.6 is 8.03 Å². The lowest BCUT2D eigenvalue weighted by Crippen LogP contribution is -2.04. The average molecular weight is 406 g/mol. The van der Waals surface area contributed by atoms with Crippen LogP contribution in [0.25, 0.3) is 0 Å². The molecule has 1 atom stereocenters. The van der Waals surface area contributed by atoms with Gasteiger partial charge in [-0.05, 0) is 72.2 Å². The number of hydrogen-bond donors (Lipinski definition) is 0. The summed E-state index contributed by atoms with van der Waals surface area (Å²) in [6.45, 7) is 10.3. The van der Waals surface area contributed by atoms with Gasteiger partial charge in [0.15, 0.2) is 21.6 Å². The number of methoxy groups -OCH3 is 1. The van der Waals surface area contributed by atoms with Gasteiger partial charge in [0.25, 0.3) is 0 Å². The van der Waals surface area contributed by atoms with Crippen LogP contribution in [0.3, 0.4) is 0 Å². The predicted molar refractivity (Wildman–Crippen MR) is 113 cm³/mol. The summed E-state index contributed by atoms with van der Waals surface area (Å²) in [5.74, 6) is 1.96. The van der Waals surface area contributed by atoms with Crippen LogP contribution < -0.4 is 9.47 Å². The van der Waals surface area contributed by atoms with E-state index in [-0.39, 0.29) is 13.6 Å². The van der Waals surface area contributed by atoms with E-state index in [9.17, 15) is 4.57 Å². The molecule has 0 amide bonds. The molecule has 0 aliphatic rings. The number of ether oxygens (including phenoxy) is 3. The summed E-state index contributed by atoms with van der Waals surface area (Å²) in [6, 6.07) is 10.3. The molecule has 2 rings (SSSR count). The van der Waals surface area contributed by atoms with Gasteiger partial charge in [-0.25, -0.2) is 0 Å². The zero-order valence-electron chi connectivity index (χ0n) is 17.6. The highest BCUT2D eigenvalue weighted by molar-refractivity contribution is 7.38. The Morgan fingerprint density at radius 3 is 2.25 bits per heavy atom. The second kappa shape index (κ2) is 10.7. The first-order chi connectivity index (χ1) is 13.3. The van der Waals surface area contributed by atoms with Crippen molar-refractivity contribution in [3.8, 4) is 11.5 Å². The van der Waals surface area contributed by atoms with Crippen LogP contribution in [0.4, 0.5) is 0 Å². The third kappa shape index (κ3) is 6.37. The lowest BCUT2D eigenvalue weighted by Gasteiger charge is -2.17. The van der Waals surface area contributed by atoms with E-state index < -0.39 is 8.03 Å². The van der Waals surface area contributed by atoms with Gasteiger partial charge < -0.3 is 14.2 Å².